The molecule has 1 atom stereocenters. The van der Waals surface area contributed by atoms with E-state index in [1.54, 1.807) is 29.4 Å². The van der Waals surface area contributed by atoms with Gasteiger partial charge in [0.05, 0.1) is 17.5 Å². The number of rotatable bonds is 13. The first kappa shape index (κ1) is 43.6. The van der Waals surface area contributed by atoms with Crippen LogP contribution in [-0.2, 0) is 20.9 Å². The number of imide groups is 2. The Bertz CT molecular complexity index is 2760. The molecule has 6 amide bonds. The Morgan fingerprint density at radius 2 is 1.66 bits per heavy atom. The molecule has 3 N–H and O–H groups in total. The second kappa shape index (κ2) is 18.5. The number of carbonyl (C=O) groups is 6. The monoisotopic (exact) mass is 908 g/mol. The van der Waals surface area contributed by atoms with Crippen LogP contribution in [0.25, 0.3) is 11.2 Å². The van der Waals surface area contributed by atoms with Crippen LogP contribution < -0.4 is 25.6 Å². The van der Waals surface area contributed by atoms with E-state index in [2.05, 4.69) is 74.5 Å². The van der Waals surface area contributed by atoms with Gasteiger partial charge in [0.1, 0.15) is 29.3 Å². The molecule has 5 aliphatic rings. The average Bonchev–Trinajstić information content (AvgIpc) is 3.87. The number of amides is 6. The van der Waals surface area contributed by atoms with E-state index in [0.29, 0.717) is 42.6 Å². The molecule has 2 aromatic carbocycles. The lowest BCUT2D eigenvalue weighted by molar-refractivity contribution is -0.136. The van der Waals surface area contributed by atoms with Crippen LogP contribution in [0.5, 0.6) is 5.75 Å². The molecule has 1 unspecified atom stereocenters. The Balaban J connectivity index is 0.657. The maximum absolute atomic E-state index is 13.4. The third-order valence-corrected chi connectivity index (χ3v) is 13.7. The molecular weight excluding hydrogens is 857 g/mol. The Kier molecular flexibility index (Phi) is 12.1. The normalized spacial score (nSPS) is 21.3. The van der Waals surface area contributed by atoms with Crippen molar-refractivity contribution in [1.29, 1.82) is 0 Å². The third-order valence-electron chi connectivity index (χ3n) is 13.7. The zero-order valence-corrected chi connectivity index (χ0v) is 37.2. The fourth-order valence-corrected chi connectivity index (χ4v) is 9.91. The highest BCUT2D eigenvalue weighted by molar-refractivity contribution is 6.24. The SMILES string of the molecule is Cc1cccc(C(=O)NC2CC(n3cnc4c(NCc5cccc(N6CCN(CC7CCN(C(=O)COc8cccc9c8C(=O)N(C8CCC(=O)NC8=O)C9=O)CC7)CC6)c5)ncnc43)C2)n1. The van der Waals surface area contributed by atoms with Gasteiger partial charge in [-0.05, 0) is 86.9 Å². The van der Waals surface area contributed by atoms with E-state index in [0.717, 1.165) is 80.2 Å². The summed E-state index contributed by atoms with van der Waals surface area (Å²) in [5.74, 6) is -1.52. The zero-order chi connectivity index (χ0) is 46.2. The van der Waals surface area contributed by atoms with Crippen molar-refractivity contribution < 1.29 is 33.5 Å². The zero-order valence-electron chi connectivity index (χ0n) is 37.2. The van der Waals surface area contributed by atoms with Gasteiger partial charge in [0.25, 0.3) is 23.6 Å². The summed E-state index contributed by atoms with van der Waals surface area (Å²) in [5.41, 5.74) is 5.16. The lowest BCUT2D eigenvalue weighted by Crippen LogP contribution is -2.54. The van der Waals surface area contributed by atoms with Gasteiger partial charge in [-0.2, -0.15) is 0 Å². The van der Waals surface area contributed by atoms with Crippen LogP contribution in [0.15, 0.2) is 73.3 Å². The molecule has 7 heterocycles. The Labute approximate surface area is 386 Å². The van der Waals surface area contributed by atoms with Gasteiger partial charge >= 0.3 is 0 Å². The molecular formula is C48H52N12O7. The number of piperidine rings is 2. The lowest BCUT2D eigenvalue weighted by Gasteiger charge is -2.39. The van der Waals surface area contributed by atoms with Crippen LogP contribution in [0.1, 0.15) is 87.0 Å². The van der Waals surface area contributed by atoms with E-state index in [1.807, 2.05) is 25.4 Å². The van der Waals surface area contributed by atoms with E-state index in [9.17, 15) is 28.8 Å². The summed E-state index contributed by atoms with van der Waals surface area (Å²) >= 11 is 0. The van der Waals surface area contributed by atoms with Crippen LogP contribution in [0, 0.1) is 12.8 Å². The highest BCUT2D eigenvalue weighted by Crippen LogP contribution is 2.36. The molecule has 3 saturated heterocycles. The number of pyridine rings is 1. The Hall–Kier alpha value is -7.28. The second-order valence-corrected chi connectivity index (χ2v) is 18.1. The van der Waals surface area contributed by atoms with E-state index < -0.39 is 29.7 Å². The van der Waals surface area contributed by atoms with Crippen LogP contribution in [-0.4, -0.2) is 139 Å². The van der Waals surface area contributed by atoms with Crippen LogP contribution in [0.2, 0.25) is 0 Å². The number of fused-ring (bicyclic) bond motifs is 2. The van der Waals surface area contributed by atoms with E-state index in [4.69, 9.17) is 4.74 Å². The van der Waals surface area contributed by atoms with Crippen molar-refractivity contribution in [3.05, 3.63) is 101 Å². The number of anilines is 2. The quantitative estimate of drug-likeness (QED) is 0.145. The molecule has 0 spiro atoms. The van der Waals surface area contributed by atoms with Crippen LogP contribution >= 0.6 is 0 Å². The number of nitrogens with zero attached hydrogens (tertiary/aromatic N) is 9. The molecule has 67 heavy (non-hydrogen) atoms. The first-order valence-corrected chi connectivity index (χ1v) is 23.0. The van der Waals surface area contributed by atoms with Crippen molar-refractivity contribution in [3.8, 4) is 5.75 Å². The predicted octanol–water partition coefficient (Wildman–Crippen LogP) is 3.12. The van der Waals surface area contributed by atoms with Gasteiger partial charge in [0.15, 0.2) is 18.1 Å². The largest absolute Gasteiger partial charge is 0.483 e. The summed E-state index contributed by atoms with van der Waals surface area (Å²) < 4.78 is 7.95. The van der Waals surface area contributed by atoms with Gasteiger partial charge in [0.2, 0.25) is 11.8 Å². The lowest BCUT2D eigenvalue weighted by atomic mass is 9.86. The summed E-state index contributed by atoms with van der Waals surface area (Å²) in [4.78, 5) is 102. The van der Waals surface area contributed by atoms with Crippen molar-refractivity contribution >= 4 is 58.1 Å². The first-order valence-electron chi connectivity index (χ1n) is 23.0. The predicted molar refractivity (Wildman–Crippen MR) is 244 cm³/mol. The number of nitrogens with one attached hydrogen (secondary N) is 3. The maximum Gasteiger partial charge on any atom is 0.270 e. The molecule has 5 aromatic rings. The highest BCUT2D eigenvalue weighted by atomic mass is 16.5. The second-order valence-electron chi connectivity index (χ2n) is 18.1. The maximum atomic E-state index is 13.4. The number of carbonyl (C=O) groups excluding carboxylic acids is 6. The summed E-state index contributed by atoms with van der Waals surface area (Å²) in [6.45, 7) is 8.06. The van der Waals surface area contributed by atoms with Gasteiger partial charge in [-0.1, -0.05) is 24.3 Å². The van der Waals surface area contributed by atoms with Crippen molar-refractivity contribution in [2.75, 3.05) is 62.6 Å². The van der Waals surface area contributed by atoms with Crippen molar-refractivity contribution in [1.82, 2.24) is 49.8 Å². The molecule has 4 fully saturated rings. The number of piperazine rings is 1. The van der Waals surface area contributed by atoms with Gasteiger partial charge in [-0.3, -0.25) is 43.9 Å². The topological polar surface area (TPSA) is 217 Å². The van der Waals surface area contributed by atoms with Crippen LogP contribution in [0.3, 0.4) is 0 Å². The Morgan fingerprint density at radius 3 is 2.45 bits per heavy atom. The molecule has 19 heteroatoms. The summed E-state index contributed by atoms with van der Waals surface area (Å²) in [5, 5.41) is 8.79. The minimum atomic E-state index is -1.08. The summed E-state index contributed by atoms with van der Waals surface area (Å²) in [7, 11) is 0. The fourth-order valence-electron chi connectivity index (χ4n) is 9.91. The first-order chi connectivity index (χ1) is 32.6. The minimum Gasteiger partial charge on any atom is -0.483 e. The number of likely N-dealkylation sites (tertiary alicyclic amines) is 1. The summed E-state index contributed by atoms with van der Waals surface area (Å²) in [6.07, 6.45) is 6.78. The number of aryl methyl sites for hydroxylation is 1. The number of ether oxygens (including phenoxy) is 1. The number of hydrogen-bond acceptors (Lipinski definition) is 14. The van der Waals surface area contributed by atoms with E-state index in [1.165, 1.54) is 11.8 Å². The van der Waals surface area contributed by atoms with Gasteiger partial charge in [-0.15, -0.1) is 0 Å². The highest BCUT2D eigenvalue weighted by Gasteiger charge is 2.46. The minimum absolute atomic E-state index is 0.0264. The third kappa shape index (κ3) is 9.02. The van der Waals surface area contributed by atoms with Gasteiger partial charge < -0.3 is 29.7 Å². The number of hydrogen-bond donors (Lipinski definition) is 3. The van der Waals surface area contributed by atoms with Gasteiger partial charge in [-0.25, -0.2) is 19.9 Å². The number of aromatic nitrogens is 5. The molecule has 19 nitrogen and oxygen atoms in total. The average molecular weight is 909 g/mol. The molecule has 346 valence electrons. The number of benzene rings is 2. The molecule has 10 rings (SSSR count). The molecule has 3 aromatic heterocycles. The summed E-state index contributed by atoms with van der Waals surface area (Å²) in [6, 6.07) is 17.8. The fraction of sp³-hybridized carbons (Fsp3) is 0.417. The van der Waals surface area contributed by atoms with Gasteiger partial charge in [0, 0.05) is 82.2 Å². The van der Waals surface area contributed by atoms with Crippen molar-refractivity contribution in [2.24, 2.45) is 5.92 Å². The van der Waals surface area contributed by atoms with Crippen molar-refractivity contribution in [3.63, 3.8) is 0 Å². The van der Waals surface area contributed by atoms with E-state index in [-0.39, 0.29) is 60.2 Å². The van der Waals surface area contributed by atoms with Crippen molar-refractivity contribution in [2.45, 2.75) is 70.1 Å². The number of imidazole rings is 1. The molecule has 1 aliphatic carbocycles. The molecule has 1 saturated carbocycles. The molecule has 0 bridgehead atoms. The Morgan fingerprint density at radius 1 is 0.866 bits per heavy atom. The molecule has 0 radical (unpaired) electrons. The molecule has 4 aliphatic heterocycles. The standard InChI is InChI=1S/C48H52N12O7/c1-29-5-2-9-36(53-29)45(63)54-32-22-34(23-32)59-28-52-42-43(50-27-51-44(42)59)49-24-31-6-3-7-33(21-31)57-19-17-56(18-20-57)25-30-13-15-58(16-14-30)40(62)26-67-38-10-4-8-35-41(38)48(66)60(47(35)65)37-11-12-39(61)55-46(37)64/h2-10,21,27-28,30,32,34,37H,11-20,22-26H2,1H3,(H,54,63)(H,49,50,51)(H,55,61,64). The van der Waals surface area contributed by atoms with Crippen LogP contribution in [0.4, 0.5) is 11.5 Å². The smallest absolute Gasteiger partial charge is 0.270 e. The van der Waals surface area contributed by atoms with E-state index >= 15 is 0 Å².